The van der Waals surface area contributed by atoms with Gasteiger partial charge in [-0.1, -0.05) is 378 Å². The van der Waals surface area contributed by atoms with E-state index >= 15 is 0 Å². The van der Waals surface area contributed by atoms with Gasteiger partial charge in [-0.2, -0.15) is 0 Å². The number of fused-ring (bicyclic) bond motifs is 21. The first-order valence-corrected chi connectivity index (χ1v) is 48.7. The van der Waals surface area contributed by atoms with Crippen LogP contribution < -0.4 is 0 Å². The third-order valence-electron chi connectivity index (χ3n) is 26.8. The minimum Gasteiger partial charge on any atom is -0.455 e. The largest absolute Gasteiger partial charge is 0.455 e. The molecule has 0 unspecified atom stereocenters. The van der Waals surface area contributed by atoms with Gasteiger partial charge in [-0.05, 0) is 200 Å². The van der Waals surface area contributed by atoms with Crippen LogP contribution in [0.2, 0.25) is 0 Å². The molecule has 0 saturated heterocycles. The number of hydrogen-bond acceptors (Lipinski definition) is 6. The Balaban J connectivity index is 0.000000105. The highest BCUT2D eigenvalue weighted by Crippen LogP contribution is 2.55. The summed E-state index contributed by atoms with van der Waals surface area (Å²) in [7, 11) is 0. The molecule has 0 aliphatic rings. The van der Waals surface area contributed by atoms with E-state index in [1.807, 2.05) is 68.8 Å². The number of furan rings is 1. The highest BCUT2D eigenvalue weighted by Gasteiger charge is 2.28. The van der Waals surface area contributed by atoms with Gasteiger partial charge < -0.3 is 4.42 Å². The number of aryl methyl sites for hydroxylation is 2. The van der Waals surface area contributed by atoms with Crippen LogP contribution >= 0.6 is 56.7 Å². The molecular weight excluding hydrogens is 1670 g/mol. The van der Waals surface area contributed by atoms with Crippen molar-refractivity contribution < 1.29 is 4.42 Å². The van der Waals surface area contributed by atoms with Crippen LogP contribution in [0.3, 0.4) is 0 Å². The first kappa shape index (κ1) is 77.9. The third-order valence-corrected chi connectivity index (χ3v) is 32.8. The van der Waals surface area contributed by atoms with Gasteiger partial charge in [0.2, 0.25) is 0 Å². The van der Waals surface area contributed by atoms with Gasteiger partial charge in [0.25, 0.3) is 0 Å². The molecule has 6 aromatic heterocycles. The van der Waals surface area contributed by atoms with Crippen LogP contribution in [0.4, 0.5) is 0 Å². The van der Waals surface area contributed by atoms with Gasteiger partial charge in [0.15, 0.2) is 0 Å². The zero-order chi connectivity index (χ0) is 86.6. The van der Waals surface area contributed by atoms with Crippen LogP contribution in [0.15, 0.2) is 411 Å². The Labute approximate surface area is 772 Å². The van der Waals surface area contributed by atoms with Crippen LogP contribution in [0.1, 0.15) is 37.5 Å². The molecule has 0 N–H and O–H groups in total. The maximum atomic E-state index is 6.39. The van der Waals surface area contributed by atoms with Crippen molar-refractivity contribution in [1.82, 2.24) is 0 Å². The van der Waals surface area contributed by atoms with E-state index < -0.39 is 0 Å². The molecule has 0 spiro atoms. The molecule has 0 atom stereocenters. The molecule has 0 aliphatic heterocycles. The van der Waals surface area contributed by atoms with Crippen molar-refractivity contribution in [3.8, 4) is 87.6 Å². The average molecular weight is 1750 g/mol. The number of hydrogen-bond donors (Lipinski definition) is 0. The highest BCUT2D eigenvalue weighted by molar-refractivity contribution is 7.27. The van der Waals surface area contributed by atoms with Crippen LogP contribution in [0.5, 0.6) is 0 Å². The predicted octanol–water partition coefficient (Wildman–Crippen LogP) is 38.7. The monoisotopic (exact) mass is 1750 g/mol. The maximum Gasteiger partial charge on any atom is 0.144 e. The van der Waals surface area contributed by atoms with Crippen molar-refractivity contribution in [3.05, 3.63) is 423 Å². The summed E-state index contributed by atoms with van der Waals surface area (Å²) in [5.41, 5.74) is 23.8. The standard InChI is InChI=1S/C44H30OS.C42H30S2.C38H22S2/c1-27-14-18-29(19-15-27)42-33-9-3-4-10-34(33)43(30-20-16-28(2)17-21-30)38-26-31(22-23-35(38)42)40-24-25-41(46-40)37-12-7-11-36-32-8-5-6-13-39(32)45-44(36)37;1-42(2,3)25-22-23-30-35(24-25)39(34-19-11-17-32-27-13-7-9-21-37(27)44-41(32)34)29-15-5-4-14-28(29)38(30)33-18-10-16-31-26-12-6-8-20-36(26)43-40(31)33;1-2-14-26-25(13-1)35(31-19-9-17-29-23-11-5-7-21-33(23)39-37(29)31)27-15-3-4-16-28(27)36(26)32-20-10-18-30-24-12-6-8-22-34(24)40-38(30)32/h3-26H,1-2H3;4-24H,1-3H3;1-22H. The van der Waals surface area contributed by atoms with Crippen molar-refractivity contribution in [2.75, 3.05) is 0 Å². The second kappa shape index (κ2) is 31.2. The first-order chi connectivity index (χ1) is 64.0. The Bertz CT molecular complexity index is 9080. The summed E-state index contributed by atoms with van der Waals surface area (Å²) in [5, 5.41) is 28.6. The summed E-state index contributed by atoms with van der Waals surface area (Å²) < 4.78 is 17.2. The molecule has 0 saturated carbocycles. The lowest BCUT2D eigenvalue weighted by atomic mass is 9.81. The predicted molar refractivity (Wildman–Crippen MR) is 573 cm³/mol. The van der Waals surface area contributed by atoms with Crippen molar-refractivity contribution >= 4 is 224 Å². The summed E-state index contributed by atoms with van der Waals surface area (Å²) >= 11 is 9.47. The molecule has 6 heterocycles. The molecule has 6 heteroatoms. The van der Waals surface area contributed by atoms with Crippen molar-refractivity contribution in [2.45, 2.75) is 40.0 Å². The average Bonchev–Trinajstić information content (AvgIpc) is 0.909. The van der Waals surface area contributed by atoms with E-state index in [0.717, 1.165) is 27.5 Å². The van der Waals surface area contributed by atoms with E-state index in [1.165, 1.54) is 244 Å². The molecule has 27 aromatic rings. The summed E-state index contributed by atoms with van der Waals surface area (Å²) in [6.07, 6.45) is 0. The SMILES string of the molecule is CC(C)(C)c1ccc2c(-c3cccc4c3sc3ccccc34)c3ccccc3c(-c3cccc4c3sc3ccccc34)c2c1.Cc1ccc(-c2c3ccccc3c(-c3ccc(C)cc3)c3cc(-c4ccc(-c5cccc6c5oc5ccccc56)s4)ccc23)cc1.c1ccc2c(c1)sc1c(-c3c4ccccc4c(-c4cccc5c4sc4ccccc45)c4ccccc34)cccc12. The van der Waals surface area contributed by atoms with Crippen molar-refractivity contribution in [3.63, 3.8) is 0 Å². The van der Waals surface area contributed by atoms with E-state index in [1.54, 1.807) is 0 Å². The number of rotatable bonds is 8. The molecule has 614 valence electrons. The molecule has 1 nitrogen and oxygen atoms in total. The third kappa shape index (κ3) is 12.8. The van der Waals surface area contributed by atoms with Crippen molar-refractivity contribution in [1.29, 1.82) is 0 Å². The normalized spacial score (nSPS) is 12.0. The van der Waals surface area contributed by atoms with Gasteiger partial charge in [-0.3, -0.25) is 0 Å². The maximum absolute atomic E-state index is 6.39. The Morgan fingerprint density at radius 2 is 0.477 bits per heavy atom. The molecule has 21 aromatic carbocycles. The zero-order valence-corrected chi connectivity index (χ0v) is 76.2. The summed E-state index contributed by atoms with van der Waals surface area (Å²) in [6, 6.07) is 150. The Hall–Kier alpha value is -14.4. The molecule has 0 radical (unpaired) electrons. The van der Waals surface area contributed by atoms with E-state index in [0.29, 0.717) is 0 Å². The van der Waals surface area contributed by atoms with Crippen LogP contribution in [-0.4, -0.2) is 0 Å². The van der Waals surface area contributed by atoms with E-state index in [4.69, 9.17) is 4.42 Å². The van der Waals surface area contributed by atoms with Gasteiger partial charge in [0, 0.05) is 129 Å². The van der Waals surface area contributed by atoms with Crippen LogP contribution in [0.25, 0.3) is 255 Å². The molecule has 27 rings (SSSR count). The minimum absolute atomic E-state index is 0.0341. The summed E-state index contributed by atoms with van der Waals surface area (Å²) in [5.74, 6) is 0. The molecule has 0 aliphatic carbocycles. The number of para-hydroxylation sites is 2. The lowest BCUT2D eigenvalue weighted by Gasteiger charge is -2.23. The lowest BCUT2D eigenvalue weighted by Crippen LogP contribution is -2.10. The van der Waals surface area contributed by atoms with Crippen LogP contribution in [0, 0.1) is 13.8 Å². The Morgan fingerprint density at radius 1 is 0.192 bits per heavy atom. The Kier molecular flexibility index (Phi) is 18.7. The quantitative estimate of drug-likeness (QED) is 0.138. The fourth-order valence-electron chi connectivity index (χ4n) is 20.7. The number of thiophene rings is 5. The highest BCUT2D eigenvalue weighted by atomic mass is 32.1. The molecule has 0 amide bonds. The first-order valence-electron chi connectivity index (χ1n) is 44.6. The topological polar surface area (TPSA) is 13.1 Å². The number of benzene rings is 21. The molecule has 130 heavy (non-hydrogen) atoms. The van der Waals surface area contributed by atoms with Crippen molar-refractivity contribution in [2.24, 2.45) is 0 Å². The second-order valence-electron chi connectivity index (χ2n) is 35.5. The smallest absolute Gasteiger partial charge is 0.144 e. The lowest BCUT2D eigenvalue weighted by molar-refractivity contribution is 0.591. The van der Waals surface area contributed by atoms with Gasteiger partial charge in [-0.25, -0.2) is 0 Å². The summed E-state index contributed by atoms with van der Waals surface area (Å²) in [6.45, 7) is 11.3. The summed E-state index contributed by atoms with van der Waals surface area (Å²) in [4.78, 5) is 2.45. The fraction of sp³-hybridized carbons (Fsp3) is 0.0484. The van der Waals surface area contributed by atoms with E-state index in [2.05, 4.69) is 429 Å². The van der Waals surface area contributed by atoms with Gasteiger partial charge in [-0.15, -0.1) is 56.7 Å². The van der Waals surface area contributed by atoms with Gasteiger partial charge in [0.1, 0.15) is 11.2 Å². The van der Waals surface area contributed by atoms with Gasteiger partial charge in [0.05, 0.1) is 0 Å². The minimum atomic E-state index is 0.0341. The Morgan fingerprint density at radius 3 is 0.877 bits per heavy atom. The second-order valence-corrected chi connectivity index (χ2v) is 40.8. The molecule has 0 fully saturated rings. The van der Waals surface area contributed by atoms with E-state index in [9.17, 15) is 0 Å². The zero-order valence-electron chi connectivity index (χ0n) is 72.1. The fourth-order valence-corrected chi connectivity index (χ4v) is 26.6. The van der Waals surface area contributed by atoms with Crippen LogP contribution in [-0.2, 0) is 5.41 Å². The molecular formula is C124H82OS5. The molecule has 0 bridgehead atoms. The van der Waals surface area contributed by atoms with E-state index in [-0.39, 0.29) is 5.41 Å². The van der Waals surface area contributed by atoms with Gasteiger partial charge >= 0.3 is 0 Å².